The lowest BCUT2D eigenvalue weighted by Gasteiger charge is -2.29. The van der Waals surface area contributed by atoms with Gasteiger partial charge in [-0.05, 0) is 43.2 Å². The van der Waals surface area contributed by atoms with Crippen LogP contribution in [0.15, 0.2) is 36.4 Å². The predicted octanol–water partition coefficient (Wildman–Crippen LogP) is 3.72. The first-order valence-corrected chi connectivity index (χ1v) is 8.60. The van der Waals surface area contributed by atoms with Gasteiger partial charge >= 0.3 is 0 Å². The zero-order valence-corrected chi connectivity index (χ0v) is 14.4. The molecular formula is C20H21NO4. The number of carbonyl (C=O) groups excluding carboxylic acids is 1. The van der Waals surface area contributed by atoms with E-state index in [0.29, 0.717) is 25.4 Å². The number of amides is 1. The summed E-state index contributed by atoms with van der Waals surface area (Å²) in [6.45, 7) is 5.08. The molecule has 1 atom stereocenters. The third kappa shape index (κ3) is 3.14. The second-order valence-corrected chi connectivity index (χ2v) is 6.62. The molecule has 5 nitrogen and oxygen atoms in total. The predicted molar refractivity (Wildman–Crippen MR) is 94.7 cm³/mol. The van der Waals surface area contributed by atoms with Gasteiger partial charge in [-0.1, -0.05) is 12.1 Å². The summed E-state index contributed by atoms with van der Waals surface area (Å²) < 4.78 is 17.0. The number of fused-ring (bicyclic) bond motifs is 2. The minimum Gasteiger partial charge on any atom is -0.491 e. The van der Waals surface area contributed by atoms with Crippen molar-refractivity contribution in [1.29, 1.82) is 0 Å². The number of ether oxygens (including phenoxy) is 3. The van der Waals surface area contributed by atoms with E-state index in [1.165, 1.54) is 0 Å². The van der Waals surface area contributed by atoms with Crippen molar-refractivity contribution in [2.45, 2.75) is 32.3 Å². The molecule has 1 N–H and O–H groups in total. The zero-order chi connectivity index (χ0) is 17.4. The molecule has 2 heterocycles. The van der Waals surface area contributed by atoms with Crippen molar-refractivity contribution in [3.8, 4) is 17.2 Å². The molecule has 5 heteroatoms. The fourth-order valence-corrected chi connectivity index (χ4v) is 3.35. The van der Waals surface area contributed by atoms with Crippen LogP contribution >= 0.6 is 0 Å². The number of carbonyl (C=O) groups is 1. The zero-order valence-electron chi connectivity index (χ0n) is 14.4. The van der Waals surface area contributed by atoms with Gasteiger partial charge in [-0.3, -0.25) is 4.79 Å². The second-order valence-electron chi connectivity index (χ2n) is 6.62. The first-order valence-electron chi connectivity index (χ1n) is 8.60. The van der Waals surface area contributed by atoms with Crippen LogP contribution in [-0.2, 0) is 4.79 Å². The van der Waals surface area contributed by atoms with Crippen molar-refractivity contribution in [3.05, 3.63) is 47.5 Å². The van der Waals surface area contributed by atoms with Crippen LogP contribution in [0.1, 0.15) is 37.3 Å². The Bertz CT molecular complexity index is 798. The van der Waals surface area contributed by atoms with Crippen LogP contribution in [-0.4, -0.2) is 25.2 Å². The standard InChI is InChI=1S/C20H21NO4/c1-12(2)25-14-5-3-13(4-6-14)15-10-20(22)21-17-11-19-18(9-16(15)17)23-7-8-24-19/h3-6,9,11-12,15H,7-8,10H2,1-2H3,(H,21,22). The summed E-state index contributed by atoms with van der Waals surface area (Å²) in [5.74, 6) is 2.27. The molecule has 25 heavy (non-hydrogen) atoms. The highest BCUT2D eigenvalue weighted by Gasteiger charge is 2.29. The average Bonchev–Trinajstić information content (AvgIpc) is 2.59. The number of nitrogens with one attached hydrogen (secondary N) is 1. The quantitative estimate of drug-likeness (QED) is 0.926. The number of benzene rings is 2. The molecule has 2 aliphatic heterocycles. The molecule has 130 valence electrons. The smallest absolute Gasteiger partial charge is 0.225 e. The average molecular weight is 339 g/mol. The summed E-state index contributed by atoms with van der Waals surface area (Å²) >= 11 is 0. The molecule has 2 aromatic rings. The summed E-state index contributed by atoms with van der Waals surface area (Å²) in [5.41, 5.74) is 2.94. The molecule has 4 rings (SSSR count). The number of rotatable bonds is 3. The van der Waals surface area contributed by atoms with Crippen molar-refractivity contribution >= 4 is 11.6 Å². The fourth-order valence-electron chi connectivity index (χ4n) is 3.35. The Labute approximate surface area is 146 Å². The van der Waals surface area contributed by atoms with Crippen LogP contribution in [0, 0.1) is 0 Å². The normalized spacial score (nSPS) is 18.5. The summed E-state index contributed by atoms with van der Waals surface area (Å²) in [6.07, 6.45) is 0.549. The lowest BCUT2D eigenvalue weighted by Crippen LogP contribution is -2.24. The van der Waals surface area contributed by atoms with E-state index in [4.69, 9.17) is 14.2 Å². The number of hydrogen-bond acceptors (Lipinski definition) is 4. The third-order valence-corrected chi connectivity index (χ3v) is 4.41. The number of hydrogen-bond donors (Lipinski definition) is 1. The van der Waals surface area contributed by atoms with Crippen molar-refractivity contribution < 1.29 is 19.0 Å². The number of anilines is 1. The van der Waals surface area contributed by atoms with Gasteiger partial charge in [0.2, 0.25) is 5.91 Å². The molecular weight excluding hydrogens is 318 g/mol. The van der Waals surface area contributed by atoms with Gasteiger partial charge in [0, 0.05) is 24.1 Å². The Morgan fingerprint density at radius 3 is 2.44 bits per heavy atom. The lowest BCUT2D eigenvalue weighted by molar-refractivity contribution is -0.116. The Morgan fingerprint density at radius 2 is 1.76 bits per heavy atom. The van der Waals surface area contributed by atoms with E-state index in [0.717, 1.165) is 28.3 Å². The maximum atomic E-state index is 12.2. The van der Waals surface area contributed by atoms with Crippen molar-refractivity contribution in [1.82, 2.24) is 0 Å². The molecule has 1 unspecified atom stereocenters. The van der Waals surface area contributed by atoms with Crippen LogP contribution in [0.4, 0.5) is 5.69 Å². The minimum absolute atomic E-state index is 0.00678. The van der Waals surface area contributed by atoms with Gasteiger partial charge in [-0.2, -0.15) is 0 Å². The Hall–Kier alpha value is -2.69. The Morgan fingerprint density at radius 1 is 1.08 bits per heavy atom. The topological polar surface area (TPSA) is 56.8 Å². The highest BCUT2D eigenvalue weighted by Crippen LogP contribution is 2.44. The van der Waals surface area contributed by atoms with Gasteiger partial charge in [0.25, 0.3) is 0 Å². The van der Waals surface area contributed by atoms with E-state index in [1.54, 1.807) is 0 Å². The molecule has 1 amide bonds. The molecule has 2 aliphatic rings. The molecule has 0 aliphatic carbocycles. The highest BCUT2D eigenvalue weighted by atomic mass is 16.6. The van der Waals surface area contributed by atoms with Crippen molar-refractivity contribution in [2.24, 2.45) is 0 Å². The SMILES string of the molecule is CC(C)Oc1ccc(C2CC(=O)Nc3cc4c(cc32)OCCO4)cc1. The molecule has 0 bridgehead atoms. The molecule has 0 saturated carbocycles. The van der Waals surface area contributed by atoms with E-state index in [1.807, 2.05) is 50.2 Å². The summed E-state index contributed by atoms with van der Waals surface area (Å²) in [6, 6.07) is 11.8. The van der Waals surface area contributed by atoms with E-state index < -0.39 is 0 Å². The van der Waals surface area contributed by atoms with E-state index in [-0.39, 0.29) is 17.9 Å². The molecule has 2 aromatic carbocycles. The first kappa shape index (κ1) is 15.8. The van der Waals surface area contributed by atoms with Gasteiger partial charge < -0.3 is 19.5 Å². The third-order valence-electron chi connectivity index (χ3n) is 4.41. The van der Waals surface area contributed by atoms with Gasteiger partial charge in [0.15, 0.2) is 11.5 Å². The lowest BCUT2D eigenvalue weighted by atomic mass is 9.84. The van der Waals surface area contributed by atoms with Crippen molar-refractivity contribution in [3.63, 3.8) is 0 Å². The molecule has 0 radical (unpaired) electrons. The van der Waals surface area contributed by atoms with Gasteiger partial charge in [-0.25, -0.2) is 0 Å². The molecule has 0 aromatic heterocycles. The van der Waals surface area contributed by atoms with Gasteiger partial charge in [-0.15, -0.1) is 0 Å². The maximum absolute atomic E-state index is 12.2. The maximum Gasteiger partial charge on any atom is 0.225 e. The van der Waals surface area contributed by atoms with E-state index in [2.05, 4.69) is 5.32 Å². The van der Waals surface area contributed by atoms with Crippen molar-refractivity contribution in [2.75, 3.05) is 18.5 Å². The summed E-state index contributed by atoms with van der Waals surface area (Å²) in [7, 11) is 0. The van der Waals surface area contributed by atoms with Crippen LogP contribution < -0.4 is 19.5 Å². The van der Waals surface area contributed by atoms with Crippen LogP contribution in [0.3, 0.4) is 0 Å². The second kappa shape index (κ2) is 6.31. The monoisotopic (exact) mass is 339 g/mol. The van der Waals surface area contributed by atoms with E-state index >= 15 is 0 Å². The Kier molecular flexibility index (Phi) is 3.99. The largest absolute Gasteiger partial charge is 0.491 e. The van der Waals surface area contributed by atoms with Crippen LogP contribution in [0.2, 0.25) is 0 Å². The van der Waals surface area contributed by atoms with Gasteiger partial charge in [0.05, 0.1) is 6.10 Å². The first-order chi connectivity index (χ1) is 12.1. The molecule has 0 spiro atoms. The van der Waals surface area contributed by atoms with Crippen LogP contribution in [0.25, 0.3) is 0 Å². The molecule has 0 saturated heterocycles. The Balaban J connectivity index is 1.70. The van der Waals surface area contributed by atoms with Gasteiger partial charge in [0.1, 0.15) is 19.0 Å². The highest BCUT2D eigenvalue weighted by molar-refractivity contribution is 5.96. The van der Waals surface area contributed by atoms with Crippen LogP contribution in [0.5, 0.6) is 17.2 Å². The summed E-state index contributed by atoms with van der Waals surface area (Å²) in [4.78, 5) is 12.2. The minimum atomic E-state index is -0.00678. The molecule has 0 fully saturated rings. The van der Waals surface area contributed by atoms with E-state index in [9.17, 15) is 4.79 Å². The fraction of sp³-hybridized carbons (Fsp3) is 0.350. The summed E-state index contributed by atoms with van der Waals surface area (Å²) in [5, 5.41) is 2.95.